The number of nitrogens with one attached hydrogen (secondary N) is 1. The topological polar surface area (TPSA) is 82.1 Å². The molecule has 0 bridgehead atoms. The Morgan fingerprint density at radius 3 is 2.68 bits per heavy atom. The normalized spacial score (nSPS) is 11.1. The summed E-state index contributed by atoms with van der Waals surface area (Å²) in [6.45, 7) is 0. The average molecular weight is 452 g/mol. The number of esters is 1. The molecule has 3 heterocycles. The van der Waals surface area contributed by atoms with Gasteiger partial charge in [-0.3, -0.25) is 4.79 Å². The van der Waals surface area contributed by atoms with Crippen LogP contribution in [-0.2, 0) is 11.2 Å². The summed E-state index contributed by atoms with van der Waals surface area (Å²) in [7, 11) is 1.31. The van der Waals surface area contributed by atoms with Crippen molar-refractivity contribution in [3.63, 3.8) is 0 Å². The number of H-pyrrole nitrogens is 1. The van der Waals surface area contributed by atoms with Crippen LogP contribution >= 0.6 is 45.8 Å². The minimum atomic E-state index is -0.492. The molecule has 0 unspecified atom stereocenters. The highest BCUT2D eigenvalue weighted by Crippen LogP contribution is 2.35. The van der Waals surface area contributed by atoms with Crippen molar-refractivity contribution < 1.29 is 18.9 Å². The number of aromatic nitrogens is 2. The lowest BCUT2D eigenvalue weighted by Gasteiger charge is -2.06. The van der Waals surface area contributed by atoms with E-state index in [9.17, 15) is 14.5 Å². The molecule has 3 aromatic heterocycles. The van der Waals surface area contributed by atoms with Crippen molar-refractivity contribution in [2.75, 3.05) is 7.11 Å². The van der Waals surface area contributed by atoms with Crippen LogP contribution in [0.2, 0.25) is 5.02 Å². The number of thiophene rings is 2. The summed E-state index contributed by atoms with van der Waals surface area (Å²) < 4.78 is 8.89. The van der Waals surface area contributed by atoms with Gasteiger partial charge < -0.3 is 4.74 Å². The summed E-state index contributed by atoms with van der Waals surface area (Å²) in [6.07, 6.45) is 0.0465. The quantitative estimate of drug-likeness (QED) is 0.268. The molecule has 4 rings (SSSR count). The molecule has 0 fully saturated rings. The third-order valence-electron chi connectivity index (χ3n) is 4.11. The van der Waals surface area contributed by atoms with Crippen molar-refractivity contribution in [3.8, 4) is 10.4 Å². The number of hydrogen-bond acceptors (Lipinski definition) is 7. The van der Waals surface area contributed by atoms with E-state index in [1.807, 2.05) is 12.1 Å². The van der Waals surface area contributed by atoms with E-state index in [0.29, 0.717) is 31.1 Å². The molecular formula is C18H12ClN2O4S3+. The van der Waals surface area contributed by atoms with Gasteiger partial charge in [-0.2, -0.15) is 0 Å². The molecule has 0 amide bonds. The Morgan fingerprint density at radius 2 is 2.00 bits per heavy atom. The third-order valence-corrected chi connectivity index (χ3v) is 7.55. The second kappa shape index (κ2) is 7.59. The molecule has 10 heteroatoms. The number of ketones is 1. The third kappa shape index (κ3) is 3.42. The van der Waals surface area contributed by atoms with E-state index >= 15 is 0 Å². The second-order valence-electron chi connectivity index (χ2n) is 5.83. The number of carbonyl (C=O) groups excluding carboxylic acids is 2. The van der Waals surface area contributed by atoms with Gasteiger partial charge in [0.15, 0.2) is 14.3 Å². The zero-order valence-electron chi connectivity index (χ0n) is 14.4. The molecule has 0 aliphatic heterocycles. The van der Waals surface area contributed by atoms with Gasteiger partial charge in [0.05, 0.1) is 22.5 Å². The van der Waals surface area contributed by atoms with Crippen molar-refractivity contribution in [1.29, 1.82) is 0 Å². The van der Waals surface area contributed by atoms with Gasteiger partial charge in [0.1, 0.15) is 0 Å². The average Bonchev–Trinajstić information content (AvgIpc) is 3.38. The fraction of sp³-hybridized carbons (Fsp3) is 0.111. The van der Waals surface area contributed by atoms with E-state index in [4.69, 9.17) is 16.3 Å². The minimum absolute atomic E-state index is 0.0465. The first-order chi connectivity index (χ1) is 13.5. The van der Waals surface area contributed by atoms with Crippen LogP contribution in [0.5, 0.6) is 0 Å². The van der Waals surface area contributed by atoms with Gasteiger partial charge in [-0.15, -0.1) is 22.7 Å². The highest BCUT2D eigenvalue weighted by Gasteiger charge is 2.25. The van der Waals surface area contributed by atoms with Gasteiger partial charge in [0.25, 0.3) is 0 Å². The number of aromatic amines is 1. The van der Waals surface area contributed by atoms with Crippen LogP contribution in [0.1, 0.15) is 25.6 Å². The highest BCUT2D eigenvalue weighted by atomic mass is 35.5. The first-order valence-corrected chi connectivity index (χ1v) is 10.9. The van der Waals surface area contributed by atoms with Crippen molar-refractivity contribution in [2.24, 2.45) is 0 Å². The molecule has 0 saturated heterocycles. The molecule has 0 aliphatic carbocycles. The van der Waals surface area contributed by atoms with Crippen LogP contribution in [0.3, 0.4) is 0 Å². The maximum Gasteiger partial charge on any atom is 0.339 e. The lowest BCUT2D eigenvalue weighted by atomic mass is 10.0. The fourth-order valence-corrected chi connectivity index (χ4v) is 5.83. The van der Waals surface area contributed by atoms with Crippen molar-refractivity contribution in [2.45, 2.75) is 6.42 Å². The summed E-state index contributed by atoms with van der Waals surface area (Å²) in [6, 6.07) is 8.71. The number of methoxy groups -OCH3 is 1. The summed E-state index contributed by atoms with van der Waals surface area (Å²) in [5.41, 5.74) is 2.26. The van der Waals surface area contributed by atoms with Gasteiger partial charge in [-0.25, -0.2) is 4.79 Å². The number of hydrogen-bond donors (Lipinski definition) is 1. The van der Waals surface area contributed by atoms with Crippen LogP contribution in [-0.4, -0.2) is 23.4 Å². The van der Waals surface area contributed by atoms with Crippen molar-refractivity contribution in [1.82, 2.24) is 4.49 Å². The van der Waals surface area contributed by atoms with Gasteiger partial charge in [0, 0.05) is 33.9 Å². The van der Waals surface area contributed by atoms with Gasteiger partial charge >= 0.3 is 11.5 Å². The molecule has 0 aliphatic rings. The largest absolute Gasteiger partial charge is 0.465 e. The zero-order chi connectivity index (χ0) is 19.8. The molecule has 142 valence electrons. The van der Waals surface area contributed by atoms with Gasteiger partial charge in [-0.1, -0.05) is 28.2 Å². The summed E-state index contributed by atoms with van der Waals surface area (Å²) >= 11 is 9.77. The molecule has 6 nitrogen and oxygen atoms in total. The van der Waals surface area contributed by atoms with Crippen LogP contribution in [0.4, 0.5) is 0 Å². The maximum absolute atomic E-state index is 12.8. The Kier molecular flexibility index (Phi) is 5.15. The maximum atomic E-state index is 12.8. The van der Waals surface area contributed by atoms with E-state index in [-0.39, 0.29) is 12.2 Å². The Hall–Kier alpha value is -2.33. The molecule has 0 radical (unpaired) electrons. The van der Waals surface area contributed by atoms with E-state index in [1.54, 1.807) is 23.6 Å². The van der Waals surface area contributed by atoms with Crippen molar-refractivity contribution >= 4 is 67.1 Å². The summed E-state index contributed by atoms with van der Waals surface area (Å²) in [5.74, 6) is -0.646. The Labute approximate surface area is 175 Å². The Bertz CT molecular complexity index is 1250. The molecule has 1 aromatic carbocycles. The Balaban J connectivity index is 1.70. The van der Waals surface area contributed by atoms with Crippen LogP contribution in [0, 0.1) is 4.91 Å². The fourth-order valence-electron chi connectivity index (χ4n) is 2.77. The predicted octanol–water partition coefficient (Wildman–Crippen LogP) is 4.80. The van der Waals surface area contributed by atoms with Crippen LogP contribution in [0.15, 0.2) is 35.7 Å². The number of rotatable bonds is 5. The molecule has 0 atom stereocenters. The minimum Gasteiger partial charge on any atom is -0.465 e. The lowest BCUT2D eigenvalue weighted by molar-refractivity contribution is -0.526. The highest BCUT2D eigenvalue weighted by molar-refractivity contribution is 7.36. The van der Waals surface area contributed by atoms with Crippen molar-refractivity contribution in [3.05, 3.63) is 61.6 Å². The van der Waals surface area contributed by atoms with E-state index in [2.05, 4.69) is 4.49 Å². The number of ether oxygens (including phenoxy) is 1. The summed E-state index contributed by atoms with van der Waals surface area (Å²) in [5, 5.41) is 2.40. The number of nitrogens with zero attached hydrogens (tertiary/aromatic N) is 1. The summed E-state index contributed by atoms with van der Waals surface area (Å²) in [4.78, 5) is 38.0. The SMILES string of the molecule is COC(=O)c1c(CC(=O)c2cc3c(s[nH][n+]3=O)s2)csc1-c1ccc(Cl)cc1. The number of carbonyl (C=O) groups is 2. The number of halogens is 1. The van der Waals surface area contributed by atoms with E-state index in [1.165, 1.54) is 41.3 Å². The molecule has 28 heavy (non-hydrogen) atoms. The van der Waals surface area contributed by atoms with Gasteiger partial charge in [-0.05, 0) is 28.6 Å². The molecule has 0 spiro atoms. The molecule has 1 N–H and O–H groups in total. The number of fused-ring (bicyclic) bond motifs is 1. The van der Waals surface area contributed by atoms with Crippen LogP contribution in [0.25, 0.3) is 20.0 Å². The lowest BCUT2D eigenvalue weighted by Crippen LogP contribution is -2.13. The Morgan fingerprint density at radius 1 is 1.25 bits per heavy atom. The first-order valence-electron chi connectivity index (χ1n) is 7.99. The number of Topliss-reactive ketones (excluding diaryl/α,β-unsaturated/α-hetero) is 1. The van der Waals surface area contributed by atoms with E-state index in [0.717, 1.165) is 14.5 Å². The zero-order valence-corrected chi connectivity index (χ0v) is 17.6. The molecule has 0 saturated carbocycles. The predicted molar refractivity (Wildman–Crippen MR) is 112 cm³/mol. The molecular weight excluding hydrogens is 440 g/mol. The number of benzene rings is 1. The second-order valence-corrected chi connectivity index (χ2v) is 9.26. The van der Waals surface area contributed by atoms with Gasteiger partial charge in [0.2, 0.25) is 0 Å². The standard InChI is InChI=1S/C18H12ClN2O4S3/c1-25-17(23)15-10(8-26-16(15)9-2-4-11(19)5-3-9)6-13(22)14-7-12-18(27-14)28-20-21(12)24/h2-5,7-8H,6H2,1H3,(H,20,24)/q+1. The smallest absolute Gasteiger partial charge is 0.339 e. The monoisotopic (exact) mass is 451 g/mol. The first kappa shape index (κ1) is 19.0. The van der Waals surface area contributed by atoms with E-state index < -0.39 is 5.97 Å². The van der Waals surface area contributed by atoms with Crippen LogP contribution < -0.4 is 4.54 Å². The molecule has 4 aromatic rings.